The normalized spacial score (nSPS) is 13.4. The molecule has 2 aromatic heterocycles. The Balaban J connectivity index is 1.18. The Morgan fingerprint density at radius 3 is 2.57 bits per heavy atom. The highest BCUT2D eigenvalue weighted by atomic mass is 16.5. The van der Waals surface area contributed by atoms with Crippen LogP contribution in [0.1, 0.15) is 52.1 Å². The van der Waals surface area contributed by atoms with E-state index in [-0.39, 0.29) is 17.5 Å². The minimum absolute atomic E-state index is 0.110. The molecule has 0 unspecified atom stereocenters. The summed E-state index contributed by atoms with van der Waals surface area (Å²) in [5.74, 6) is 0.378. The quantitative estimate of drug-likeness (QED) is 0.223. The highest BCUT2D eigenvalue weighted by Crippen LogP contribution is 2.32. The second-order valence-electron chi connectivity index (χ2n) is 11.4. The van der Waals surface area contributed by atoms with Gasteiger partial charge >= 0.3 is 0 Å². The number of nitrogens with one attached hydrogen (secondary N) is 2. The van der Waals surface area contributed by atoms with Crippen LogP contribution in [0.2, 0.25) is 0 Å². The van der Waals surface area contributed by atoms with Crippen LogP contribution in [-0.2, 0) is 4.79 Å². The van der Waals surface area contributed by atoms with Crippen LogP contribution in [0.4, 0.5) is 11.4 Å². The maximum absolute atomic E-state index is 13.6. The van der Waals surface area contributed by atoms with E-state index in [4.69, 9.17) is 9.47 Å². The van der Waals surface area contributed by atoms with E-state index >= 15 is 0 Å². The Labute approximate surface area is 267 Å². The van der Waals surface area contributed by atoms with Gasteiger partial charge in [0.15, 0.2) is 11.3 Å². The number of nitrogens with zero attached hydrogens (tertiary/aromatic N) is 6. The third-order valence-electron chi connectivity index (χ3n) is 8.06. The Hall–Kier alpha value is -5.04. The fourth-order valence-electron chi connectivity index (χ4n) is 5.31. The van der Waals surface area contributed by atoms with Gasteiger partial charge in [-0.3, -0.25) is 14.4 Å². The lowest BCUT2D eigenvalue weighted by Crippen LogP contribution is -2.47. The van der Waals surface area contributed by atoms with E-state index in [2.05, 4.69) is 37.2 Å². The molecule has 3 heterocycles. The predicted octanol–water partition coefficient (Wildman–Crippen LogP) is 3.91. The van der Waals surface area contributed by atoms with Crippen molar-refractivity contribution in [2.45, 2.75) is 32.6 Å². The Bertz CT molecular complexity index is 1700. The van der Waals surface area contributed by atoms with Gasteiger partial charge in [0, 0.05) is 45.2 Å². The van der Waals surface area contributed by atoms with Crippen LogP contribution >= 0.6 is 0 Å². The minimum Gasteiger partial charge on any atom is -0.495 e. The maximum Gasteiger partial charge on any atom is 0.276 e. The number of aromatic nitrogens is 4. The summed E-state index contributed by atoms with van der Waals surface area (Å²) in [4.78, 5) is 60.0. The molecule has 242 valence electrons. The molecule has 3 amide bonds. The second-order valence-corrected chi connectivity index (χ2v) is 11.4. The van der Waals surface area contributed by atoms with Crippen molar-refractivity contribution in [3.63, 3.8) is 0 Å². The van der Waals surface area contributed by atoms with Crippen molar-refractivity contribution in [1.82, 2.24) is 29.7 Å². The lowest BCUT2D eigenvalue weighted by atomic mass is 10.1. The smallest absolute Gasteiger partial charge is 0.276 e. The van der Waals surface area contributed by atoms with Crippen LogP contribution in [0.5, 0.6) is 11.5 Å². The average Bonchev–Trinajstić information content (AvgIpc) is 3.55. The lowest BCUT2D eigenvalue weighted by molar-refractivity contribution is -0.132. The van der Waals surface area contributed by atoms with Gasteiger partial charge in [0.2, 0.25) is 5.91 Å². The van der Waals surface area contributed by atoms with E-state index in [1.165, 1.54) is 24.7 Å². The van der Waals surface area contributed by atoms with Gasteiger partial charge in [0.05, 0.1) is 31.4 Å². The highest BCUT2D eigenvalue weighted by Gasteiger charge is 2.22. The molecule has 1 saturated heterocycles. The summed E-state index contributed by atoms with van der Waals surface area (Å²) in [5, 5.41) is 2.79. The van der Waals surface area contributed by atoms with Crippen LogP contribution in [0.15, 0.2) is 49.1 Å². The molecule has 13 heteroatoms. The number of carbonyl (C=O) groups is 3. The number of unbranched alkanes of at least 4 members (excludes halogenated alkanes) is 2. The van der Waals surface area contributed by atoms with E-state index in [1.807, 2.05) is 30.0 Å². The van der Waals surface area contributed by atoms with Crippen molar-refractivity contribution in [1.29, 1.82) is 0 Å². The molecule has 0 bridgehead atoms. The summed E-state index contributed by atoms with van der Waals surface area (Å²) in [6.45, 7) is 5.89. The fraction of sp³-hybridized carbons (Fsp3) is 0.394. The zero-order chi connectivity index (χ0) is 32.6. The topological polar surface area (TPSA) is 146 Å². The molecule has 5 rings (SSSR count). The molecule has 1 aliphatic heterocycles. The maximum atomic E-state index is 13.6. The van der Waals surface area contributed by atoms with Crippen LogP contribution in [0.25, 0.3) is 11.2 Å². The van der Waals surface area contributed by atoms with Crippen LogP contribution in [0.3, 0.4) is 0 Å². The number of methoxy groups -OCH3 is 1. The second kappa shape index (κ2) is 14.8. The summed E-state index contributed by atoms with van der Waals surface area (Å²) in [6, 6.07) is 10.5. The lowest BCUT2D eigenvalue weighted by Gasteiger charge is -2.32. The molecule has 0 atom stereocenters. The standard InChI is InChI=1S/C33H40N8O5/c1-22-9-12-25(27(18-22)46-17-7-5-6-8-28(42)41-15-13-39(2)14-16-41)40(3)33(44)23-10-11-24(26(19-23)45-4)38-32(43)30-29-31(36-20-34-29)37-21-35-30/h9-12,18-21H,5-8,13-17H2,1-4H3,(H,38,43)(H,34,35,36,37). The number of hydrogen-bond acceptors (Lipinski definition) is 9. The number of rotatable bonds is 12. The summed E-state index contributed by atoms with van der Waals surface area (Å²) in [6.07, 6.45) is 5.77. The number of hydrogen-bond donors (Lipinski definition) is 2. The van der Waals surface area contributed by atoms with Gasteiger partial charge in [-0.15, -0.1) is 0 Å². The van der Waals surface area contributed by atoms with Crippen molar-refractivity contribution in [3.05, 3.63) is 65.9 Å². The van der Waals surface area contributed by atoms with E-state index in [9.17, 15) is 14.4 Å². The first-order valence-electron chi connectivity index (χ1n) is 15.4. The van der Waals surface area contributed by atoms with Gasteiger partial charge in [-0.05, 0) is 69.1 Å². The Morgan fingerprint density at radius 2 is 1.78 bits per heavy atom. The number of carbonyl (C=O) groups excluding carboxylic acids is 3. The summed E-state index contributed by atoms with van der Waals surface area (Å²) >= 11 is 0. The zero-order valence-corrected chi connectivity index (χ0v) is 26.7. The number of amides is 3. The minimum atomic E-state index is -0.489. The van der Waals surface area contributed by atoms with Gasteiger partial charge in [-0.1, -0.05) is 6.07 Å². The number of H-pyrrole nitrogens is 1. The predicted molar refractivity (Wildman–Crippen MR) is 175 cm³/mol. The van der Waals surface area contributed by atoms with E-state index in [0.29, 0.717) is 52.6 Å². The number of piperazine rings is 1. The number of fused-ring (bicyclic) bond motifs is 1. The average molecular weight is 629 g/mol. The van der Waals surface area contributed by atoms with Crippen LogP contribution in [-0.4, -0.2) is 101 Å². The summed E-state index contributed by atoms with van der Waals surface area (Å²) < 4.78 is 11.7. The zero-order valence-electron chi connectivity index (χ0n) is 26.7. The molecule has 0 aliphatic carbocycles. The third kappa shape index (κ3) is 7.60. The first kappa shape index (κ1) is 32.4. The molecule has 1 fully saturated rings. The van der Waals surface area contributed by atoms with Crippen molar-refractivity contribution >= 4 is 40.3 Å². The van der Waals surface area contributed by atoms with E-state index < -0.39 is 5.91 Å². The number of benzene rings is 2. The molecule has 1 aliphatic rings. The SMILES string of the molecule is COc1cc(C(=O)N(C)c2ccc(C)cc2OCCCCCC(=O)N2CCN(C)CC2)ccc1NC(=O)c1ncnc2[nH]cnc12. The van der Waals surface area contributed by atoms with Crippen LogP contribution < -0.4 is 19.7 Å². The first-order chi connectivity index (χ1) is 22.2. The molecule has 0 saturated carbocycles. The summed E-state index contributed by atoms with van der Waals surface area (Å²) in [7, 11) is 5.24. The monoisotopic (exact) mass is 628 g/mol. The molecule has 13 nitrogen and oxygen atoms in total. The van der Waals surface area contributed by atoms with Crippen molar-refractivity contribution in [2.75, 3.05) is 64.2 Å². The number of aryl methyl sites for hydroxylation is 1. The Morgan fingerprint density at radius 1 is 0.978 bits per heavy atom. The van der Waals surface area contributed by atoms with E-state index in [1.54, 1.807) is 25.2 Å². The number of imidazole rings is 1. The first-order valence-corrected chi connectivity index (χ1v) is 15.4. The molecule has 0 radical (unpaired) electrons. The van der Waals surface area contributed by atoms with Crippen molar-refractivity contribution < 1.29 is 23.9 Å². The van der Waals surface area contributed by atoms with Gasteiger partial charge in [0.25, 0.3) is 11.8 Å². The largest absolute Gasteiger partial charge is 0.495 e. The van der Waals surface area contributed by atoms with Crippen molar-refractivity contribution in [2.24, 2.45) is 0 Å². The van der Waals surface area contributed by atoms with Crippen LogP contribution in [0, 0.1) is 6.92 Å². The molecule has 4 aromatic rings. The van der Waals surface area contributed by atoms with Gasteiger partial charge in [-0.25, -0.2) is 15.0 Å². The number of likely N-dealkylation sites (N-methyl/N-ethyl adjacent to an activating group) is 1. The van der Waals surface area contributed by atoms with Gasteiger partial charge < -0.3 is 34.5 Å². The van der Waals surface area contributed by atoms with Gasteiger partial charge in [-0.2, -0.15) is 0 Å². The molecule has 2 N–H and O–H groups in total. The third-order valence-corrected chi connectivity index (χ3v) is 8.06. The summed E-state index contributed by atoms with van der Waals surface area (Å²) in [5.41, 5.74) is 3.28. The molecule has 2 aromatic carbocycles. The number of aromatic amines is 1. The molecular weight excluding hydrogens is 588 g/mol. The number of ether oxygens (including phenoxy) is 2. The molecular formula is C33H40N8O5. The van der Waals surface area contributed by atoms with Gasteiger partial charge in [0.1, 0.15) is 23.3 Å². The molecule has 46 heavy (non-hydrogen) atoms. The molecule has 0 spiro atoms. The number of anilines is 2. The van der Waals surface area contributed by atoms with E-state index in [0.717, 1.165) is 51.0 Å². The van der Waals surface area contributed by atoms with Crippen molar-refractivity contribution in [3.8, 4) is 11.5 Å². The fourth-order valence-corrected chi connectivity index (χ4v) is 5.31. The Kier molecular flexibility index (Phi) is 10.4. The highest BCUT2D eigenvalue weighted by molar-refractivity contribution is 6.11.